The highest BCUT2D eigenvalue weighted by Crippen LogP contribution is 2.42. The fraction of sp³-hybridized carbons (Fsp3) is 0.500. The molecule has 3 aliphatic heterocycles. The standard InChI is InChI=1S/C50H63N5O13/c1-23(2)54-16-18-55(19-17-54)31-21-32(57)38-34(22-31)67-47-39(51-38)35-36-43(60)29(8)46-37(35)48(53-63)50(10,68-46)65-20-15-33(64-11)26(5)45(66-30(9)56)28(7)42(59)27(6)41(58)24(3)13-12-14-25(4)49(62)52-40(47)44(36)61/h12-15,20-24,26-28,33,41-42,45,53,58-60,63H,16-19H2,1-11H3,(H,52,62)/b13-12+,20-15+,25-14-/t24-,26+,27+,28+,33-,41-,42+,45+,50-/m0/s1. The third-order valence-electron chi connectivity index (χ3n) is 14.0. The van der Waals surface area contributed by atoms with E-state index in [1.54, 1.807) is 45.9 Å². The van der Waals surface area contributed by atoms with E-state index in [4.69, 9.17) is 28.3 Å². The highest BCUT2D eigenvalue weighted by molar-refractivity contribution is 6.17. The summed E-state index contributed by atoms with van der Waals surface area (Å²) in [6.07, 6.45) is 3.60. The second-order valence-corrected chi connectivity index (χ2v) is 18.8. The molecule has 1 saturated heterocycles. The quantitative estimate of drug-likeness (QED) is 0.0698. The number of piperazine rings is 1. The van der Waals surface area contributed by atoms with Gasteiger partial charge in [-0.05, 0) is 33.8 Å². The predicted molar refractivity (Wildman–Crippen MR) is 256 cm³/mol. The largest absolute Gasteiger partial charge is 0.507 e. The predicted octanol–water partition coefficient (Wildman–Crippen LogP) is 4.51. The topological polar surface area (TPSA) is 243 Å². The second kappa shape index (κ2) is 19.5. The number of aliphatic hydroxyl groups excluding tert-OH is 2. The lowest BCUT2D eigenvalue weighted by molar-refractivity contribution is -0.160. The van der Waals surface area contributed by atoms with Gasteiger partial charge in [0.15, 0.2) is 16.7 Å². The number of anilines is 2. The minimum absolute atomic E-state index is 0.00363. The number of carbonyl (C=O) groups excluding carboxylic acids is 2. The van der Waals surface area contributed by atoms with E-state index in [2.05, 4.69) is 34.4 Å². The smallest absolute Gasteiger partial charge is 0.302 e. The number of rotatable bonds is 5. The number of nitrogens with one attached hydrogen (secondary N) is 2. The van der Waals surface area contributed by atoms with Gasteiger partial charge < -0.3 is 48.9 Å². The maximum atomic E-state index is 15.0. The summed E-state index contributed by atoms with van der Waals surface area (Å²) >= 11 is 0. The minimum Gasteiger partial charge on any atom is -0.507 e. The molecule has 366 valence electrons. The molecule has 3 aromatic carbocycles. The Morgan fingerprint density at radius 1 is 0.971 bits per heavy atom. The fourth-order valence-corrected chi connectivity index (χ4v) is 9.73. The number of aliphatic hydroxyl groups is 2. The zero-order chi connectivity index (χ0) is 49.7. The zero-order valence-electron chi connectivity index (χ0n) is 40.4. The van der Waals surface area contributed by atoms with Crippen LogP contribution in [-0.4, -0.2) is 112 Å². The van der Waals surface area contributed by atoms with Crippen LogP contribution in [0.1, 0.15) is 67.9 Å². The Morgan fingerprint density at radius 3 is 2.29 bits per heavy atom. The number of phenolic OH excluding ortho intramolecular Hbond substituents is 1. The molecule has 18 nitrogen and oxygen atoms in total. The Labute approximate surface area is 393 Å². The Hall–Kier alpha value is -6.05. The molecule has 0 unspecified atom stereocenters. The minimum atomic E-state index is -1.89. The Morgan fingerprint density at radius 2 is 1.66 bits per heavy atom. The van der Waals surface area contributed by atoms with Crippen LogP contribution in [0.15, 0.2) is 62.3 Å². The maximum Gasteiger partial charge on any atom is 0.302 e. The van der Waals surface area contributed by atoms with Crippen LogP contribution in [-0.2, 0) is 23.8 Å². The van der Waals surface area contributed by atoms with Crippen molar-refractivity contribution in [3.05, 3.63) is 79.5 Å². The molecule has 0 radical (unpaired) electrons. The van der Waals surface area contributed by atoms with Gasteiger partial charge in [-0.15, -0.1) is 0 Å². The van der Waals surface area contributed by atoms with Gasteiger partial charge in [-0.2, -0.15) is 0 Å². The van der Waals surface area contributed by atoms with Gasteiger partial charge in [0.25, 0.3) is 11.7 Å². The number of ether oxygens (including phenoxy) is 4. The number of esters is 1. The zero-order valence-corrected chi connectivity index (χ0v) is 40.4. The van der Waals surface area contributed by atoms with Gasteiger partial charge >= 0.3 is 5.97 Å². The van der Waals surface area contributed by atoms with Crippen LogP contribution < -0.4 is 36.5 Å². The first kappa shape index (κ1) is 49.8. The third kappa shape index (κ3) is 9.02. The summed E-state index contributed by atoms with van der Waals surface area (Å²) < 4.78 is 30.8. The Balaban J connectivity index is 1.49. The molecular formula is C50H63N5O13. The van der Waals surface area contributed by atoms with Crippen LogP contribution in [0.3, 0.4) is 0 Å². The number of hydroxylamine groups is 1. The van der Waals surface area contributed by atoms with Crippen molar-refractivity contribution in [2.24, 2.45) is 23.7 Å². The molecule has 4 aromatic rings. The number of amides is 1. The Bertz CT molecular complexity index is 2900. The number of hydrogen-bond donors (Lipinski definition) is 6. The molecule has 1 aromatic heterocycles. The summed E-state index contributed by atoms with van der Waals surface area (Å²) in [5.74, 6) is -6.28. The van der Waals surface area contributed by atoms with Crippen molar-refractivity contribution in [2.45, 2.75) is 105 Å². The van der Waals surface area contributed by atoms with E-state index in [-0.39, 0.29) is 66.5 Å². The highest BCUT2D eigenvalue weighted by Gasteiger charge is 2.44. The molecule has 3 aliphatic rings. The van der Waals surface area contributed by atoms with E-state index < -0.39 is 82.4 Å². The van der Waals surface area contributed by atoms with E-state index in [0.717, 1.165) is 13.1 Å². The molecule has 6 N–H and O–H groups in total. The molecule has 0 saturated carbocycles. The van der Waals surface area contributed by atoms with Crippen LogP contribution >= 0.6 is 0 Å². The number of methoxy groups -OCH3 is 1. The number of phenols is 1. The average molecular weight is 942 g/mol. The van der Waals surface area contributed by atoms with Crippen LogP contribution in [0.4, 0.5) is 11.4 Å². The first-order chi connectivity index (χ1) is 32.1. The van der Waals surface area contributed by atoms with Gasteiger partial charge in [-0.25, -0.2) is 4.98 Å². The van der Waals surface area contributed by atoms with Crippen molar-refractivity contribution in [1.82, 2.24) is 15.4 Å². The summed E-state index contributed by atoms with van der Waals surface area (Å²) in [4.78, 5) is 64.8. The molecule has 1 fully saturated rings. The monoisotopic (exact) mass is 941 g/mol. The van der Waals surface area contributed by atoms with E-state index in [0.29, 0.717) is 24.8 Å². The van der Waals surface area contributed by atoms with Gasteiger partial charge in [0, 0.05) is 111 Å². The maximum absolute atomic E-state index is 15.0. The van der Waals surface area contributed by atoms with Crippen molar-refractivity contribution >= 4 is 61.9 Å². The third-order valence-corrected chi connectivity index (χ3v) is 14.0. The van der Waals surface area contributed by atoms with Gasteiger partial charge in [-0.1, -0.05) is 45.9 Å². The number of aromatic nitrogens is 1. The summed E-state index contributed by atoms with van der Waals surface area (Å²) in [6, 6.07) is 3.50. The summed E-state index contributed by atoms with van der Waals surface area (Å²) in [7, 11) is 1.45. The molecular weight excluding hydrogens is 879 g/mol. The molecule has 9 atom stereocenters. The second-order valence-electron chi connectivity index (χ2n) is 18.8. The molecule has 0 spiro atoms. The number of nitrogens with zero attached hydrogens (tertiary/aromatic N) is 3. The fourth-order valence-electron chi connectivity index (χ4n) is 9.73. The lowest BCUT2D eigenvalue weighted by Crippen LogP contribution is -2.49. The van der Waals surface area contributed by atoms with Crippen molar-refractivity contribution in [3.63, 3.8) is 0 Å². The first-order valence-corrected chi connectivity index (χ1v) is 23.0. The van der Waals surface area contributed by atoms with Crippen LogP contribution in [0.25, 0.3) is 38.7 Å². The number of fused-ring (bicyclic) bond motifs is 2. The van der Waals surface area contributed by atoms with Gasteiger partial charge in [0.05, 0.1) is 35.2 Å². The van der Waals surface area contributed by atoms with E-state index in [1.165, 1.54) is 59.3 Å². The lowest BCUT2D eigenvalue weighted by atomic mass is 9.78. The normalized spacial score (nSPS) is 29.5. The highest BCUT2D eigenvalue weighted by atomic mass is 16.7. The summed E-state index contributed by atoms with van der Waals surface area (Å²) in [5, 5.41) is 48.3. The molecule has 0 aliphatic carbocycles. The lowest BCUT2D eigenvalue weighted by Gasteiger charge is -2.38. The molecule has 68 heavy (non-hydrogen) atoms. The molecule has 18 heteroatoms. The van der Waals surface area contributed by atoms with Crippen LogP contribution in [0.2, 0.25) is 0 Å². The average Bonchev–Trinajstić information content (AvgIpc) is 3.61. The van der Waals surface area contributed by atoms with Crippen molar-refractivity contribution in [1.29, 1.82) is 0 Å². The van der Waals surface area contributed by atoms with Gasteiger partial charge in [-0.3, -0.25) is 34.8 Å². The van der Waals surface area contributed by atoms with Gasteiger partial charge in [0.2, 0.25) is 10.9 Å². The number of carbonyl (C=O) groups is 2. The van der Waals surface area contributed by atoms with E-state index >= 15 is 0 Å². The SMILES string of the molecule is CO[C@H]1/C=C/O[C@@]2(C)Oc3c(C)c(O)c4c(=O)c(c5oc6cc(N7CCN(C(C)C)CC7)cc(=O)c6nc5c4c3=C2NO)NC(=O)/C(C)=C\C=C\[C@H](C)[C@H](O)[C@@H](C)[C@@H](O)[C@@H](C)[C@H](OC(C)=O)[C@@H]1C. The molecule has 4 bridgehead atoms. The summed E-state index contributed by atoms with van der Waals surface area (Å²) in [5.41, 5.74) is 0.752. The van der Waals surface area contributed by atoms with Crippen LogP contribution in [0, 0.1) is 30.6 Å². The van der Waals surface area contributed by atoms with Crippen molar-refractivity contribution < 1.29 is 53.5 Å². The first-order valence-electron chi connectivity index (χ1n) is 23.0. The number of allylic oxidation sites excluding steroid dienone is 2. The van der Waals surface area contributed by atoms with Crippen molar-refractivity contribution in [2.75, 3.05) is 43.5 Å². The number of hydrogen-bond acceptors (Lipinski definition) is 17. The van der Waals surface area contributed by atoms with Crippen molar-refractivity contribution in [3.8, 4) is 11.5 Å². The van der Waals surface area contributed by atoms with E-state index in [9.17, 15) is 39.7 Å². The molecule has 7 rings (SSSR count). The number of benzene rings is 3. The van der Waals surface area contributed by atoms with Crippen LogP contribution in [0.5, 0.6) is 11.5 Å². The van der Waals surface area contributed by atoms with E-state index in [1.807, 2.05) is 0 Å². The summed E-state index contributed by atoms with van der Waals surface area (Å²) in [6.45, 7) is 19.8. The number of aromatic hydroxyl groups is 1. The Kier molecular flexibility index (Phi) is 14.3. The van der Waals surface area contributed by atoms with Gasteiger partial charge in [0.1, 0.15) is 34.5 Å². The molecule has 1 amide bonds. The molecule has 4 heterocycles.